The van der Waals surface area contributed by atoms with Gasteiger partial charge in [0.25, 0.3) is 5.91 Å². The molecule has 0 aliphatic heterocycles. The average molecular weight is 294 g/mol. The lowest BCUT2D eigenvalue weighted by atomic mass is 10.2. The molecule has 0 fully saturated rings. The molecule has 1 aromatic carbocycles. The number of carbonyl (C=O) groups excluding carboxylic acids is 1. The highest BCUT2D eigenvalue weighted by atomic mass is 35.5. The molecule has 7 heteroatoms. The standard InChI is InChI=1S/C13H12ClN3O3/c1-7-3-4-8(5-10(7)14)16-12(18)9-6-15-17(2)11(9)13(19)20/h3-6H,1-2H3,(H,16,18)(H,19,20). The maximum absolute atomic E-state index is 12.1. The van der Waals surface area contributed by atoms with Crippen molar-refractivity contribution in [3.05, 3.63) is 46.2 Å². The molecule has 0 aliphatic rings. The van der Waals surface area contributed by atoms with Crippen LogP contribution in [0.1, 0.15) is 26.4 Å². The molecule has 20 heavy (non-hydrogen) atoms. The Hall–Kier alpha value is -2.34. The molecule has 1 heterocycles. The van der Waals surface area contributed by atoms with Gasteiger partial charge in [-0.25, -0.2) is 4.79 Å². The first-order chi connectivity index (χ1) is 9.40. The topological polar surface area (TPSA) is 84.2 Å². The SMILES string of the molecule is Cc1ccc(NC(=O)c2cnn(C)c2C(=O)O)cc1Cl. The van der Waals surface area contributed by atoms with E-state index in [0.29, 0.717) is 10.7 Å². The first kappa shape index (κ1) is 14.1. The Morgan fingerprint density at radius 1 is 1.40 bits per heavy atom. The van der Waals surface area contributed by atoms with Gasteiger partial charge in [0.2, 0.25) is 0 Å². The molecule has 0 saturated heterocycles. The largest absolute Gasteiger partial charge is 0.477 e. The van der Waals surface area contributed by atoms with E-state index in [4.69, 9.17) is 16.7 Å². The van der Waals surface area contributed by atoms with Crippen LogP contribution in [0.4, 0.5) is 5.69 Å². The predicted molar refractivity (Wildman–Crippen MR) is 74.3 cm³/mol. The summed E-state index contributed by atoms with van der Waals surface area (Å²) in [5, 5.41) is 16.0. The first-order valence-corrected chi connectivity index (χ1v) is 6.10. The van der Waals surface area contributed by atoms with E-state index in [9.17, 15) is 9.59 Å². The fourth-order valence-corrected chi connectivity index (χ4v) is 1.91. The van der Waals surface area contributed by atoms with Gasteiger partial charge in [0, 0.05) is 17.8 Å². The average Bonchev–Trinajstić information content (AvgIpc) is 2.76. The van der Waals surface area contributed by atoms with Crippen LogP contribution in [0.25, 0.3) is 0 Å². The molecular formula is C13H12ClN3O3. The second kappa shape index (κ2) is 5.34. The molecule has 2 aromatic rings. The van der Waals surface area contributed by atoms with Gasteiger partial charge in [-0.2, -0.15) is 5.10 Å². The number of rotatable bonds is 3. The number of nitrogens with zero attached hydrogens (tertiary/aromatic N) is 2. The van der Waals surface area contributed by atoms with E-state index in [1.54, 1.807) is 18.2 Å². The van der Waals surface area contributed by atoms with Crippen molar-refractivity contribution in [1.82, 2.24) is 9.78 Å². The summed E-state index contributed by atoms with van der Waals surface area (Å²) in [6.45, 7) is 1.84. The fourth-order valence-electron chi connectivity index (χ4n) is 1.73. The van der Waals surface area contributed by atoms with Gasteiger partial charge < -0.3 is 10.4 Å². The molecule has 6 nitrogen and oxygen atoms in total. The lowest BCUT2D eigenvalue weighted by molar-refractivity contribution is 0.0680. The van der Waals surface area contributed by atoms with Crippen LogP contribution in [0.3, 0.4) is 0 Å². The Bertz CT molecular complexity index is 694. The van der Waals surface area contributed by atoms with Crippen LogP contribution in [0.2, 0.25) is 5.02 Å². The summed E-state index contributed by atoms with van der Waals surface area (Å²) in [7, 11) is 1.46. The Morgan fingerprint density at radius 3 is 2.70 bits per heavy atom. The van der Waals surface area contributed by atoms with Gasteiger partial charge in [-0.3, -0.25) is 9.48 Å². The third-order valence-corrected chi connectivity index (χ3v) is 3.22. The second-order valence-electron chi connectivity index (χ2n) is 4.25. The first-order valence-electron chi connectivity index (χ1n) is 5.73. The van der Waals surface area contributed by atoms with E-state index in [1.807, 2.05) is 6.92 Å². The minimum absolute atomic E-state index is 0.00306. The second-order valence-corrected chi connectivity index (χ2v) is 4.66. The van der Waals surface area contributed by atoms with E-state index in [1.165, 1.54) is 13.2 Å². The van der Waals surface area contributed by atoms with Gasteiger partial charge in [0.1, 0.15) is 0 Å². The van der Waals surface area contributed by atoms with Crippen LogP contribution in [0.15, 0.2) is 24.4 Å². The molecular weight excluding hydrogens is 282 g/mol. The molecule has 1 amide bonds. The van der Waals surface area contributed by atoms with Crippen molar-refractivity contribution in [1.29, 1.82) is 0 Å². The van der Waals surface area contributed by atoms with Crippen molar-refractivity contribution in [2.45, 2.75) is 6.92 Å². The number of aromatic carboxylic acids is 1. The fraction of sp³-hybridized carbons (Fsp3) is 0.154. The van der Waals surface area contributed by atoms with Gasteiger partial charge >= 0.3 is 5.97 Å². The number of amides is 1. The summed E-state index contributed by atoms with van der Waals surface area (Å²) in [4.78, 5) is 23.2. The molecule has 0 saturated carbocycles. The van der Waals surface area contributed by atoms with E-state index >= 15 is 0 Å². The van der Waals surface area contributed by atoms with Gasteiger partial charge in [0.05, 0.1) is 11.8 Å². The van der Waals surface area contributed by atoms with Gasteiger partial charge in [-0.15, -0.1) is 0 Å². The molecule has 2 rings (SSSR count). The lowest BCUT2D eigenvalue weighted by Gasteiger charge is -2.06. The van der Waals surface area contributed by atoms with E-state index in [2.05, 4.69) is 10.4 Å². The van der Waals surface area contributed by atoms with Crippen molar-refractivity contribution in [3.8, 4) is 0 Å². The van der Waals surface area contributed by atoms with Crippen molar-refractivity contribution in [3.63, 3.8) is 0 Å². The highest BCUT2D eigenvalue weighted by Gasteiger charge is 2.21. The number of halogens is 1. The zero-order valence-electron chi connectivity index (χ0n) is 10.8. The van der Waals surface area contributed by atoms with Crippen molar-refractivity contribution < 1.29 is 14.7 Å². The number of hydrogen-bond donors (Lipinski definition) is 2. The van der Waals surface area contributed by atoms with Crippen LogP contribution in [0.5, 0.6) is 0 Å². The van der Waals surface area contributed by atoms with Crippen LogP contribution < -0.4 is 5.32 Å². The molecule has 0 unspecified atom stereocenters. The third kappa shape index (κ3) is 2.65. The molecule has 0 radical (unpaired) electrons. The molecule has 104 valence electrons. The maximum Gasteiger partial charge on any atom is 0.354 e. The van der Waals surface area contributed by atoms with Gasteiger partial charge in [0.15, 0.2) is 5.69 Å². The number of anilines is 1. The Labute approximate surface area is 120 Å². The lowest BCUT2D eigenvalue weighted by Crippen LogP contribution is -2.17. The molecule has 0 atom stereocenters. The molecule has 2 N–H and O–H groups in total. The zero-order valence-corrected chi connectivity index (χ0v) is 11.6. The summed E-state index contributed by atoms with van der Waals surface area (Å²) in [5.74, 6) is -1.76. The number of aromatic nitrogens is 2. The summed E-state index contributed by atoms with van der Waals surface area (Å²) in [6.07, 6.45) is 1.22. The number of nitrogens with one attached hydrogen (secondary N) is 1. The minimum Gasteiger partial charge on any atom is -0.477 e. The summed E-state index contributed by atoms with van der Waals surface area (Å²) >= 11 is 5.97. The Kier molecular flexibility index (Phi) is 3.76. The highest BCUT2D eigenvalue weighted by Crippen LogP contribution is 2.21. The summed E-state index contributed by atoms with van der Waals surface area (Å²) in [6, 6.07) is 5.06. The smallest absolute Gasteiger partial charge is 0.354 e. The molecule has 0 spiro atoms. The summed E-state index contributed by atoms with van der Waals surface area (Å²) in [5.41, 5.74) is 1.21. The quantitative estimate of drug-likeness (QED) is 0.909. The van der Waals surface area contributed by atoms with Crippen LogP contribution >= 0.6 is 11.6 Å². The molecule has 0 bridgehead atoms. The number of carboxylic acid groups (broad SMARTS) is 1. The predicted octanol–water partition coefficient (Wildman–Crippen LogP) is 2.33. The number of benzene rings is 1. The van der Waals surface area contributed by atoms with E-state index in [-0.39, 0.29) is 11.3 Å². The maximum atomic E-state index is 12.1. The number of carboxylic acids is 1. The van der Waals surface area contributed by atoms with Crippen LogP contribution in [-0.2, 0) is 7.05 Å². The Balaban J connectivity index is 2.28. The van der Waals surface area contributed by atoms with Crippen LogP contribution in [0, 0.1) is 6.92 Å². The number of aryl methyl sites for hydroxylation is 2. The monoisotopic (exact) mass is 293 g/mol. The highest BCUT2D eigenvalue weighted by molar-refractivity contribution is 6.31. The van der Waals surface area contributed by atoms with Gasteiger partial charge in [-0.05, 0) is 24.6 Å². The number of carbonyl (C=O) groups is 2. The van der Waals surface area contributed by atoms with Crippen molar-refractivity contribution >= 4 is 29.2 Å². The normalized spacial score (nSPS) is 10.3. The van der Waals surface area contributed by atoms with Crippen LogP contribution in [-0.4, -0.2) is 26.8 Å². The number of hydrogen-bond acceptors (Lipinski definition) is 3. The molecule has 1 aromatic heterocycles. The van der Waals surface area contributed by atoms with Crippen molar-refractivity contribution in [2.24, 2.45) is 7.05 Å². The Morgan fingerprint density at radius 2 is 2.10 bits per heavy atom. The third-order valence-electron chi connectivity index (χ3n) is 2.82. The van der Waals surface area contributed by atoms with Crippen molar-refractivity contribution in [2.75, 3.05) is 5.32 Å². The van der Waals surface area contributed by atoms with E-state index < -0.39 is 11.9 Å². The van der Waals surface area contributed by atoms with Gasteiger partial charge in [-0.1, -0.05) is 17.7 Å². The van der Waals surface area contributed by atoms with E-state index in [0.717, 1.165) is 10.2 Å². The minimum atomic E-state index is -1.21. The molecule has 0 aliphatic carbocycles. The summed E-state index contributed by atoms with van der Waals surface area (Å²) < 4.78 is 1.14. The zero-order chi connectivity index (χ0) is 14.9.